The lowest BCUT2D eigenvalue weighted by atomic mass is 10.1. The van der Waals surface area contributed by atoms with Crippen molar-refractivity contribution in [3.8, 4) is 0 Å². The molecule has 0 aromatic carbocycles. The fourth-order valence-corrected chi connectivity index (χ4v) is 2.40. The molecule has 2 fully saturated rings. The van der Waals surface area contributed by atoms with Crippen molar-refractivity contribution in [2.24, 2.45) is 0 Å². The maximum atomic E-state index is 9.85. The summed E-state index contributed by atoms with van der Waals surface area (Å²) in [5, 5.41) is 26.4. The van der Waals surface area contributed by atoms with E-state index in [1.54, 1.807) is 6.08 Å². The fraction of sp³-hybridized carbons (Fsp3) is 0.700. The van der Waals surface area contributed by atoms with Crippen LogP contribution in [0.5, 0.6) is 0 Å². The van der Waals surface area contributed by atoms with Crippen molar-refractivity contribution in [3.05, 3.63) is 12.0 Å². The van der Waals surface area contributed by atoms with Gasteiger partial charge >= 0.3 is 0 Å². The van der Waals surface area contributed by atoms with Crippen LogP contribution < -0.4 is 0 Å². The Balaban J connectivity index is 1.85. The summed E-state index contributed by atoms with van der Waals surface area (Å²) in [4.78, 5) is 1.90. The number of nitrogens with zero attached hydrogens (tertiary/aromatic N) is 1. The van der Waals surface area contributed by atoms with Crippen LogP contribution in [0, 0.1) is 5.41 Å². The first-order valence-electron chi connectivity index (χ1n) is 5.37. The Morgan fingerprint density at radius 3 is 3.12 bits per heavy atom. The summed E-state index contributed by atoms with van der Waals surface area (Å²) in [6, 6.07) is 0. The van der Waals surface area contributed by atoms with E-state index in [1.165, 1.54) is 0 Å². The summed E-state index contributed by atoms with van der Waals surface area (Å²) in [7, 11) is 0. The van der Waals surface area contributed by atoms with Crippen molar-refractivity contribution in [1.29, 1.82) is 5.41 Å². The summed E-state index contributed by atoms with van der Waals surface area (Å²) in [5.41, 5.74) is 0.527. The molecule has 3 aliphatic rings. The van der Waals surface area contributed by atoms with Gasteiger partial charge in [-0.1, -0.05) is 0 Å². The second-order valence-corrected chi connectivity index (χ2v) is 4.27. The first-order chi connectivity index (χ1) is 7.70. The molecule has 0 aromatic rings. The van der Waals surface area contributed by atoms with E-state index in [2.05, 4.69) is 0 Å². The minimum atomic E-state index is -0.810. The van der Waals surface area contributed by atoms with Gasteiger partial charge < -0.3 is 30.0 Å². The molecule has 0 spiro atoms. The highest BCUT2D eigenvalue weighted by Gasteiger charge is 2.53. The zero-order valence-corrected chi connectivity index (χ0v) is 8.67. The lowest BCUT2D eigenvalue weighted by Crippen LogP contribution is -2.37. The van der Waals surface area contributed by atoms with Gasteiger partial charge in [0.25, 0.3) is 0 Å². The van der Waals surface area contributed by atoms with Crippen LogP contribution in [0.25, 0.3) is 0 Å². The van der Waals surface area contributed by atoms with Crippen molar-refractivity contribution in [3.63, 3.8) is 0 Å². The predicted molar refractivity (Wildman–Crippen MR) is 53.8 cm³/mol. The van der Waals surface area contributed by atoms with Crippen molar-refractivity contribution in [2.45, 2.75) is 31.0 Å². The normalized spacial score (nSPS) is 41.5. The standard InChI is InChI=1S/C10H14N2O4/c11-5-1-2-12-7(3-5)16-9-8(14)6(4-13)15-10(9)12/h3,6,8-11,13-14H,1-2,4H2/t6-,8+,9?,10-/m1/s1. The SMILES string of the molecule is N=C1C=C2OC3[C@@H](O)[C@@H](CO)O[C@H]3N2CC1. The van der Waals surface area contributed by atoms with Crippen LogP contribution in [0.4, 0.5) is 0 Å². The monoisotopic (exact) mass is 226 g/mol. The van der Waals surface area contributed by atoms with Crippen molar-refractivity contribution in [1.82, 2.24) is 4.90 Å². The Labute approximate surface area is 92.6 Å². The third kappa shape index (κ3) is 1.27. The lowest BCUT2D eigenvalue weighted by Gasteiger charge is -2.26. The molecular weight excluding hydrogens is 212 g/mol. The van der Waals surface area contributed by atoms with Crippen molar-refractivity contribution in [2.75, 3.05) is 13.2 Å². The molecule has 3 heterocycles. The summed E-state index contributed by atoms with van der Waals surface area (Å²) >= 11 is 0. The summed E-state index contributed by atoms with van der Waals surface area (Å²) in [6.07, 6.45) is 0.153. The zero-order valence-electron chi connectivity index (χ0n) is 8.67. The van der Waals surface area contributed by atoms with Gasteiger partial charge in [0, 0.05) is 24.8 Å². The van der Waals surface area contributed by atoms with E-state index in [0.717, 1.165) is 0 Å². The molecule has 0 bridgehead atoms. The number of rotatable bonds is 1. The second kappa shape index (κ2) is 3.44. The summed E-state index contributed by atoms with van der Waals surface area (Å²) in [6.45, 7) is 0.455. The quantitative estimate of drug-likeness (QED) is 0.535. The highest BCUT2D eigenvalue weighted by molar-refractivity contribution is 5.93. The van der Waals surface area contributed by atoms with E-state index < -0.39 is 18.3 Å². The topological polar surface area (TPSA) is 86.0 Å². The Hall–Kier alpha value is -1.11. The molecule has 3 N–H and O–H groups in total. The summed E-state index contributed by atoms with van der Waals surface area (Å²) < 4.78 is 11.1. The maximum absolute atomic E-state index is 9.85. The average molecular weight is 226 g/mol. The van der Waals surface area contributed by atoms with Crippen LogP contribution in [-0.2, 0) is 9.47 Å². The highest BCUT2D eigenvalue weighted by atomic mass is 16.6. The molecule has 0 radical (unpaired) electrons. The van der Waals surface area contributed by atoms with E-state index in [1.807, 2.05) is 4.90 Å². The Morgan fingerprint density at radius 1 is 1.56 bits per heavy atom. The fourth-order valence-electron chi connectivity index (χ4n) is 2.40. The molecule has 16 heavy (non-hydrogen) atoms. The van der Waals surface area contributed by atoms with Crippen molar-refractivity contribution < 1.29 is 19.7 Å². The Bertz CT molecular complexity index is 357. The minimum Gasteiger partial charge on any atom is -0.468 e. The van der Waals surface area contributed by atoms with Gasteiger partial charge in [0.2, 0.25) is 0 Å². The van der Waals surface area contributed by atoms with Gasteiger partial charge in [-0.25, -0.2) is 0 Å². The van der Waals surface area contributed by atoms with Crippen LogP contribution in [-0.4, -0.2) is 58.5 Å². The third-order valence-electron chi connectivity index (χ3n) is 3.26. The van der Waals surface area contributed by atoms with Gasteiger partial charge in [0.1, 0.15) is 12.2 Å². The molecule has 6 nitrogen and oxygen atoms in total. The van der Waals surface area contributed by atoms with Crippen molar-refractivity contribution >= 4 is 5.71 Å². The van der Waals surface area contributed by atoms with Gasteiger partial charge in [-0.3, -0.25) is 0 Å². The number of aliphatic hydroxyl groups is 2. The molecule has 0 aliphatic carbocycles. The lowest BCUT2D eigenvalue weighted by molar-refractivity contribution is -0.0660. The van der Waals surface area contributed by atoms with E-state index in [9.17, 15) is 5.11 Å². The van der Waals surface area contributed by atoms with Crippen LogP contribution in [0.2, 0.25) is 0 Å². The van der Waals surface area contributed by atoms with Crippen LogP contribution in [0.3, 0.4) is 0 Å². The molecule has 0 amide bonds. The smallest absolute Gasteiger partial charge is 0.193 e. The van der Waals surface area contributed by atoms with Gasteiger partial charge in [0.05, 0.1) is 6.61 Å². The molecule has 0 aromatic heterocycles. The molecule has 6 heteroatoms. The molecule has 1 unspecified atom stereocenters. The third-order valence-corrected chi connectivity index (χ3v) is 3.26. The van der Waals surface area contributed by atoms with E-state index in [-0.39, 0.29) is 12.8 Å². The summed E-state index contributed by atoms with van der Waals surface area (Å²) in [5.74, 6) is 0.599. The number of ether oxygens (including phenoxy) is 2. The first kappa shape index (κ1) is 10.1. The van der Waals surface area contributed by atoms with E-state index in [4.69, 9.17) is 20.0 Å². The minimum absolute atomic E-state index is 0.208. The number of aliphatic hydroxyl groups excluding tert-OH is 2. The van der Waals surface area contributed by atoms with Crippen LogP contribution in [0.1, 0.15) is 6.42 Å². The number of allylic oxidation sites excluding steroid dienone is 1. The van der Waals surface area contributed by atoms with E-state index in [0.29, 0.717) is 24.6 Å². The molecule has 0 saturated carbocycles. The maximum Gasteiger partial charge on any atom is 0.193 e. The van der Waals surface area contributed by atoms with Crippen LogP contribution in [0.15, 0.2) is 12.0 Å². The number of nitrogens with one attached hydrogen (secondary N) is 1. The molecular formula is C10H14N2O4. The molecule has 88 valence electrons. The van der Waals surface area contributed by atoms with Gasteiger partial charge in [-0.05, 0) is 0 Å². The first-order valence-corrected chi connectivity index (χ1v) is 5.37. The molecule has 3 aliphatic heterocycles. The Kier molecular flexibility index (Phi) is 2.17. The number of fused-ring (bicyclic) bond motifs is 3. The van der Waals surface area contributed by atoms with Gasteiger partial charge in [-0.2, -0.15) is 0 Å². The van der Waals surface area contributed by atoms with Gasteiger partial charge in [0.15, 0.2) is 18.2 Å². The molecule has 4 atom stereocenters. The second-order valence-electron chi connectivity index (χ2n) is 4.27. The molecule has 3 rings (SSSR count). The van der Waals surface area contributed by atoms with E-state index >= 15 is 0 Å². The highest BCUT2D eigenvalue weighted by Crippen LogP contribution is 2.37. The zero-order chi connectivity index (χ0) is 11.3. The number of hydrogen-bond acceptors (Lipinski definition) is 6. The largest absolute Gasteiger partial charge is 0.468 e. The number of hydrogen-bond donors (Lipinski definition) is 3. The Morgan fingerprint density at radius 2 is 2.38 bits per heavy atom. The predicted octanol–water partition coefficient (Wildman–Crippen LogP) is -0.970. The molecule has 2 saturated heterocycles. The van der Waals surface area contributed by atoms with Crippen LogP contribution >= 0.6 is 0 Å². The average Bonchev–Trinajstić information content (AvgIpc) is 2.75. The van der Waals surface area contributed by atoms with Gasteiger partial charge in [-0.15, -0.1) is 0 Å².